The second-order valence-electron chi connectivity index (χ2n) is 3.52. The molecule has 0 aromatic rings. The fourth-order valence-corrected chi connectivity index (χ4v) is 1.86. The highest BCUT2D eigenvalue weighted by Crippen LogP contribution is 2.32. The zero-order chi connectivity index (χ0) is 7.40. The topological polar surface area (TPSA) is 12.4 Å². The van der Waals surface area contributed by atoms with Crippen LogP contribution in [0.25, 0.3) is 0 Å². The van der Waals surface area contributed by atoms with Crippen molar-refractivity contribution in [2.24, 2.45) is 16.8 Å². The maximum absolute atomic E-state index is 3.87. The maximum atomic E-state index is 3.87. The molecule has 0 N–H and O–H groups in total. The second kappa shape index (κ2) is 3.75. The van der Waals surface area contributed by atoms with Crippen molar-refractivity contribution < 1.29 is 0 Å². The largest absolute Gasteiger partial charge is 0.301 e. The van der Waals surface area contributed by atoms with E-state index >= 15 is 0 Å². The third-order valence-corrected chi connectivity index (χ3v) is 2.50. The summed E-state index contributed by atoms with van der Waals surface area (Å²) in [5.41, 5.74) is 0. The summed E-state index contributed by atoms with van der Waals surface area (Å²) in [6.45, 7) is 6.81. The molecule has 1 heteroatoms. The summed E-state index contributed by atoms with van der Waals surface area (Å²) in [5, 5.41) is 0. The van der Waals surface area contributed by atoms with E-state index in [1.54, 1.807) is 0 Å². The van der Waals surface area contributed by atoms with Gasteiger partial charge in [0, 0.05) is 6.54 Å². The number of rotatable bonds is 3. The van der Waals surface area contributed by atoms with E-state index in [0.717, 1.165) is 18.4 Å². The van der Waals surface area contributed by atoms with Gasteiger partial charge in [-0.1, -0.05) is 19.8 Å². The minimum Gasteiger partial charge on any atom is -0.301 e. The molecule has 1 saturated carbocycles. The summed E-state index contributed by atoms with van der Waals surface area (Å²) < 4.78 is 0. The third kappa shape index (κ3) is 2.13. The van der Waals surface area contributed by atoms with Gasteiger partial charge in [0.25, 0.3) is 0 Å². The van der Waals surface area contributed by atoms with E-state index in [1.807, 2.05) is 0 Å². The molecule has 2 atom stereocenters. The van der Waals surface area contributed by atoms with Crippen LogP contribution in [0.3, 0.4) is 0 Å². The Kier molecular flexibility index (Phi) is 2.91. The van der Waals surface area contributed by atoms with Crippen LogP contribution in [0.1, 0.15) is 32.6 Å². The van der Waals surface area contributed by atoms with Crippen molar-refractivity contribution in [1.82, 2.24) is 0 Å². The van der Waals surface area contributed by atoms with Gasteiger partial charge in [-0.05, 0) is 31.4 Å². The lowest BCUT2D eigenvalue weighted by atomic mass is 10.0. The zero-order valence-electron chi connectivity index (χ0n) is 6.84. The van der Waals surface area contributed by atoms with Gasteiger partial charge in [0.2, 0.25) is 0 Å². The first kappa shape index (κ1) is 7.77. The molecule has 0 unspecified atom stereocenters. The molecule has 1 aliphatic carbocycles. The molecule has 1 nitrogen and oxygen atoms in total. The van der Waals surface area contributed by atoms with E-state index < -0.39 is 0 Å². The summed E-state index contributed by atoms with van der Waals surface area (Å²) in [7, 11) is 0. The number of hydrogen-bond acceptors (Lipinski definition) is 1. The highest BCUT2D eigenvalue weighted by molar-refractivity contribution is 5.23. The van der Waals surface area contributed by atoms with Gasteiger partial charge >= 0.3 is 0 Å². The van der Waals surface area contributed by atoms with Crippen molar-refractivity contribution in [1.29, 1.82) is 0 Å². The lowest BCUT2D eigenvalue weighted by Crippen LogP contribution is -1.96. The van der Waals surface area contributed by atoms with Gasteiger partial charge in [0.15, 0.2) is 0 Å². The minimum absolute atomic E-state index is 0.959. The maximum Gasteiger partial charge on any atom is 0.0384 e. The Morgan fingerprint density at radius 3 is 2.80 bits per heavy atom. The first-order valence-corrected chi connectivity index (χ1v) is 4.25. The summed E-state index contributed by atoms with van der Waals surface area (Å²) in [5.74, 6) is 1.93. The van der Waals surface area contributed by atoms with Crippen LogP contribution in [0.15, 0.2) is 4.99 Å². The third-order valence-electron chi connectivity index (χ3n) is 2.50. The first-order chi connectivity index (χ1) is 4.83. The monoisotopic (exact) mass is 139 g/mol. The molecule has 1 aliphatic rings. The Bertz CT molecular complexity index is 109. The summed E-state index contributed by atoms with van der Waals surface area (Å²) in [6.07, 6.45) is 5.56. The molecule has 0 radical (unpaired) electrons. The van der Waals surface area contributed by atoms with Crippen molar-refractivity contribution >= 4 is 6.72 Å². The molecule has 0 amide bonds. The molecule has 1 fully saturated rings. The van der Waals surface area contributed by atoms with Crippen molar-refractivity contribution in [3.8, 4) is 0 Å². The molecule has 0 bridgehead atoms. The molecule has 0 heterocycles. The Hall–Kier alpha value is -0.330. The van der Waals surface area contributed by atoms with E-state index in [9.17, 15) is 0 Å². The van der Waals surface area contributed by atoms with Crippen LogP contribution in [0.4, 0.5) is 0 Å². The molecular formula is C9H17N. The van der Waals surface area contributed by atoms with Gasteiger partial charge in [0.1, 0.15) is 0 Å². The molecule has 0 aromatic heterocycles. The van der Waals surface area contributed by atoms with Crippen LogP contribution in [-0.4, -0.2) is 13.3 Å². The highest BCUT2D eigenvalue weighted by Gasteiger charge is 2.20. The van der Waals surface area contributed by atoms with E-state index in [2.05, 4.69) is 18.6 Å². The predicted octanol–water partition coefficient (Wildman–Crippen LogP) is 2.51. The summed E-state index contributed by atoms with van der Waals surface area (Å²) in [4.78, 5) is 3.87. The summed E-state index contributed by atoms with van der Waals surface area (Å²) >= 11 is 0. The van der Waals surface area contributed by atoms with Crippen LogP contribution in [-0.2, 0) is 0 Å². The lowest BCUT2D eigenvalue weighted by Gasteiger charge is -2.05. The molecule has 1 rings (SSSR count). The molecule has 0 aliphatic heterocycles. The number of aliphatic imine (C=N–C) groups is 1. The molecular weight excluding hydrogens is 122 g/mol. The first-order valence-electron chi connectivity index (χ1n) is 4.25. The predicted molar refractivity (Wildman–Crippen MR) is 45.5 cm³/mol. The second-order valence-corrected chi connectivity index (χ2v) is 3.52. The molecule has 0 aromatic carbocycles. The van der Waals surface area contributed by atoms with Crippen LogP contribution in [0.2, 0.25) is 0 Å². The van der Waals surface area contributed by atoms with Crippen molar-refractivity contribution in [3.63, 3.8) is 0 Å². The van der Waals surface area contributed by atoms with Gasteiger partial charge in [-0.25, -0.2) is 0 Å². The number of hydrogen-bond donors (Lipinski definition) is 0. The normalized spacial score (nSPS) is 32.5. The summed E-state index contributed by atoms with van der Waals surface area (Å²) in [6, 6.07) is 0. The minimum atomic E-state index is 0.959. The molecule has 0 saturated heterocycles. The number of nitrogens with zero attached hydrogens (tertiary/aromatic N) is 1. The van der Waals surface area contributed by atoms with Crippen LogP contribution >= 0.6 is 0 Å². The quantitative estimate of drug-likeness (QED) is 0.533. The molecule has 0 spiro atoms. The van der Waals surface area contributed by atoms with E-state index in [-0.39, 0.29) is 0 Å². The van der Waals surface area contributed by atoms with Gasteiger partial charge in [0.05, 0.1) is 0 Å². The smallest absolute Gasteiger partial charge is 0.0384 e. The Morgan fingerprint density at radius 1 is 1.50 bits per heavy atom. The van der Waals surface area contributed by atoms with Crippen LogP contribution in [0.5, 0.6) is 0 Å². The fourth-order valence-electron chi connectivity index (χ4n) is 1.86. The Labute approximate surface area is 63.5 Å². The van der Waals surface area contributed by atoms with Crippen molar-refractivity contribution in [2.45, 2.75) is 32.6 Å². The van der Waals surface area contributed by atoms with Gasteiger partial charge < -0.3 is 4.99 Å². The van der Waals surface area contributed by atoms with Gasteiger partial charge in [-0.2, -0.15) is 0 Å². The Morgan fingerprint density at radius 2 is 2.30 bits per heavy atom. The Balaban J connectivity index is 2.12. The highest BCUT2D eigenvalue weighted by atomic mass is 14.7. The van der Waals surface area contributed by atoms with E-state index in [1.165, 1.54) is 25.7 Å². The standard InChI is InChI=1S/C9H17N/c1-8-3-4-9(7-8)5-6-10-2/h8-9H,2-7H2,1H3/t8-,9-/m1/s1. The van der Waals surface area contributed by atoms with Crippen LogP contribution in [0, 0.1) is 11.8 Å². The van der Waals surface area contributed by atoms with E-state index in [4.69, 9.17) is 0 Å². The van der Waals surface area contributed by atoms with Crippen molar-refractivity contribution in [3.05, 3.63) is 0 Å². The van der Waals surface area contributed by atoms with Gasteiger partial charge in [-0.15, -0.1) is 0 Å². The molecule has 58 valence electrons. The van der Waals surface area contributed by atoms with E-state index in [0.29, 0.717) is 0 Å². The lowest BCUT2D eigenvalue weighted by molar-refractivity contribution is 0.487. The van der Waals surface area contributed by atoms with Gasteiger partial charge in [-0.3, -0.25) is 0 Å². The SMILES string of the molecule is C=NCC[C@H]1CC[C@@H](C)C1. The van der Waals surface area contributed by atoms with Crippen molar-refractivity contribution in [2.75, 3.05) is 6.54 Å². The average molecular weight is 139 g/mol. The zero-order valence-corrected chi connectivity index (χ0v) is 6.84. The fraction of sp³-hybridized carbons (Fsp3) is 0.889. The average Bonchev–Trinajstić information content (AvgIpc) is 2.31. The van der Waals surface area contributed by atoms with Crippen LogP contribution < -0.4 is 0 Å². The molecule has 10 heavy (non-hydrogen) atoms.